The topological polar surface area (TPSA) is 69.9 Å². The van der Waals surface area contributed by atoms with Gasteiger partial charge >= 0.3 is 0 Å². The van der Waals surface area contributed by atoms with Gasteiger partial charge in [0.25, 0.3) is 0 Å². The van der Waals surface area contributed by atoms with Crippen LogP contribution < -0.4 is 0 Å². The number of unbranched alkanes of at least 4 members (excludes halogenated alkanes) is 9. The largest absolute Gasteiger partial charge is 0.395 e. The first-order valence-corrected chi connectivity index (χ1v) is 15.0. The van der Waals surface area contributed by atoms with Gasteiger partial charge in [-0.05, 0) is 45.9 Å². The molecule has 0 aliphatic rings. The van der Waals surface area contributed by atoms with E-state index in [4.69, 9.17) is 4.74 Å². The van der Waals surface area contributed by atoms with Crippen LogP contribution in [0.25, 0.3) is 0 Å². The average Bonchev–Trinajstić information content (AvgIpc) is 2.85. The summed E-state index contributed by atoms with van der Waals surface area (Å²) in [5.41, 5.74) is 3.16. The van der Waals surface area contributed by atoms with Crippen molar-refractivity contribution in [2.45, 2.75) is 143 Å². The lowest BCUT2D eigenvalue weighted by atomic mass is 9.69. The molecule has 0 aliphatic carbocycles. The van der Waals surface area contributed by atoms with Crippen molar-refractivity contribution < 1.29 is 20.1 Å². The van der Waals surface area contributed by atoms with Crippen LogP contribution in [0.4, 0.5) is 0 Å². The maximum absolute atomic E-state index is 10.5. The van der Waals surface area contributed by atoms with Gasteiger partial charge in [-0.1, -0.05) is 125 Å². The second-order valence-corrected chi connectivity index (χ2v) is 13.2. The molecule has 0 fully saturated rings. The molecular weight excluding hydrogens is 460 g/mol. The second-order valence-electron chi connectivity index (χ2n) is 13.2. The Hall–Kier alpha value is -0.940. The molecule has 3 N–H and O–H groups in total. The van der Waals surface area contributed by atoms with E-state index >= 15 is 0 Å². The number of rotatable bonds is 18. The van der Waals surface area contributed by atoms with Gasteiger partial charge in [0, 0.05) is 6.61 Å². The second kappa shape index (κ2) is 16.2. The van der Waals surface area contributed by atoms with E-state index in [1.807, 2.05) is 0 Å². The summed E-state index contributed by atoms with van der Waals surface area (Å²) in [7, 11) is 0. The normalized spacial score (nSPS) is 13.8. The van der Waals surface area contributed by atoms with Crippen molar-refractivity contribution in [3.63, 3.8) is 0 Å². The number of aliphatic hydroxyl groups excluding tert-OH is 3. The van der Waals surface area contributed by atoms with Gasteiger partial charge in [-0.2, -0.15) is 0 Å². The number of benzene rings is 1. The van der Waals surface area contributed by atoms with Crippen molar-refractivity contribution in [1.82, 2.24) is 0 Å². The molecule has 0 saturated heterocycles. The van der Waals surface area contributed by atoms with Crippen molar-refractivity contribution in [3.8, 4) is 0 Å². The van der Waals surface area contributed by atoms with E-state index in [-0.39, 0.29) is 30.7 Å². The van der Waals surface area contributed by atoms with Crippen LogP contribution in [0.1, 0.15) is 148 Å². The molecule has 216 valence electrons. The molecule has 4 heteroatoms. The summed E-state index contributed by atoms with van der Waals surface area (Å²) in [5, 5.41) is 31.4. The lowest BCUT2D eigenvalue weighted by molar-refractivity contribution is -0.118. The first-order chi connectivity index (χ1) is 17.4. The highest BCUT2D eigenvalue weighted by Gasteiger charge is 2.44. The van der Waals surface area contributed by atoms with E-state index < -0.39 is 11.5 Å². The molecule has 1 rings (SSSR count). The summed E-state index contributed by atoms with van der Waals surface area (Å²) >= 11 is 0. The van der Waals surface area contributed by atoms with Crippen molar-refractivity contribution in [2.75, 3.05) is 26.4 Å². The number of aliphatic hydroxyl groups is 3. The number of hydrogen-bond donors (Lipinski definition) is 3. The predicted molar refractivity (Wildman–Crippen MR) is 157 cm³/mol. The molecule has 1 aromatic rings. The standard InChI is InChI=1S/C33H60O4/c1-9-11-12-13-14-15-16-17-18-19-20-37-30(33(23-34,24-35)25-36)29-27(31(3,4)5)21-26(10-2)22-28(29)32(6,7)8/h21-22,30,34-36H,9-20,23-25H2,1-8H3. The molecule has 1 atom stereocenters. The third-order valence-corrected chi connectivity index (χ3v) is 7.81. The molecule has 0 heterocycles. The smallest absolute Gasteiger partial charge is 0.0953 e. The minimum atomic E-state index is -1.16. The van der Waals surface area contributed by atoms with E-state index in [0.29, 0.717) is 6.61 Å². The van der Waals surface area contributed by atoms with E-state index in [2.05, 4.69) is 67.5 Å². The van der Waals surface area contributed by atoms with Gasteiger partial charge in [0.15, 0.2) is 0 Å². The maximum atomic E-state index is 10.5. The summed E-state index contributed by atoms with van der Waals surface area (Å²) in [6.07, 6.45) is 12.9. The van der Waals surface area contributed by atoms with Crippen molar-refractivity contribution >= 4 is 0 Å². The SMILES string of the molecule is CCCCCCCCCCCCOC(c1c(C(C)(C)C)cc(CC)cc1C(C)(C)C)C(CO)(CO)CO. The Balaban J connectivity index is 3.19. The van der Waals surface area contributed by atoms with Gasteiger partial charge in [0.05, 0.1) is 31.3 Å². The van der Waals surface area contributed by atoms with E-state index in [0.717, 1.165) is 24.8 Å². The first kappa shape index (κ1) is 34.1. The lowest BCUT2D eigenvalue weighted by Crippen LogP contribution is -2.43. The zero-order valence-corrected chi connectivity index (χ0v) is 25.6. The zero-order valence-electron chi connectivity index (χ0n) is 25.6. The van der Waals surface area contributed by atoms with Crippen LogP contribution in [0.15, 0.2) is 12.1 Å². The fraction of sp³-hybridized carbons (Fsp3) is 0.818. The van der Waals surface area contributed by atoms with E-state index in [1.54, 1.807) is 0 Å². The monoisotopic (exact) mass is 520 g/mol. The molecule has 0 aromatic heterocycles. The minimum absolute atomic E-state index is 0.161. The first-order valence-electron chi connectivity index (χ1n) is 15.0. The molecule has 0 saturated carbocycles. The average molecular weight is 521 g/mol. The minimum Gasteiger partial charge on any atom is -0.395 e. The van der Waals surface area contributed by atoms with Crippen LogP contribution in [-0.4, -0.2) is 41.7 Å². The highest BCUT2D eigenvalue weighted by Crippen LogP contribution is 2.46. The Bertz CT molecular complexity index is 709. The molecule has 1 unspecified atom stereocenters. The molecule has 1 aromatic carbocycles. The summed E-state index contributed by atoms with van der Waals surface area (Å²) in [5.74, 6) is 0. The Labute approximate surface area is 229 Å². The molecule has 0 spiro atoms. The van der Waals surface area contributed by atoms with Crippen LogP contribution >= 0.6 is 0 Å². The lowest BCUT2D eigenvalue weighted by Gasteiger charge is -2.42. The van der Waals surface area contributed by atoms with Crippen molar-refractivity contribution in [3.05, 3.63) is 34.4 Å². The summed E-state index contributed by atoms with van der Waals surface area (Å²) in [6, 6.07) is 4.52. The van der Waals surface area contributed by atoms with Gasteiger partial charge in [-0.25, -0.2) is 0 Å². The predicted octanol–water partition coefficient (Wildman–Crippen LogP) is 7.79. The van der Waals surface area contributed by atoms with Crippen molar-refractivity contribution in [1.29, 1.82) is 0 Å². The van der Waals surface area contributed by atoms with Crippen LogP contribution in [0.5, 0.6) is 0 Å². The van der Waals surface area contributed by atoms with E-state index in [1.165, 1.54) is 68.1 Å². The van der Waals surface area contributed by atoms with E-state index in [9.17, 15) is 15.3 Å². The molecule has 0 radical (unpaired) electrons. The zero-order chi connectivity index (χ0) is 28.1. The van der Waals surface area contributed by atoms with Gasteiger partial charge in [0.1, 0.15) is 0 Å². The fourth-order valence-electron chi connectivity index (χ4n) is 5.20. The molecule has 0 bridgehead atoms. The van der Waals surface area contributed by atoms with Crippen LogP contribution in [0, 0.1) is 5.41 Å². The van der Waals surface area contributed by atoms with Gasteiger partial charge < -0.3 is 20.1 Å². The third kappa shape index (κ3) is 10.3. The van der Waals surface area contributed by atoms with Crippen molar-refractivity contribution in [2.24, 2.45) is 5.41 Å². The highest BCUT2D eigenvalue weighted by molar-refractivity contribution is 5.48. The summed E-state index contributed by atoms with van der Waals surface area (Å²) in [4.78, 5) is 0. The van der Waals surface area contributed by atoms with Gasteiger partial charge in [-0.3, -0.25) is 0 Å². The highest BCUT2D eigenvalue weighted by atomic mass is 16.5. The quantitative estimate of drug-likeness (QED) is 0.173. The fourth-order valence-corrected chi connectivity index (χ4v) is 5.20. The Kier molecular flexibility index (Phi) is 15.0. The Morgan fingerprint density at radius 1 is 0.649 bits per heavy atom. The molecule has 4 nitrogen and oxygen atoms in total. The number of aryl methyl sites for hydroxylation is 1. The summed E-state index contributed by atoms with van der Waals surface area (Å²) < 4.78 is 6.60. The Morgan fingerprint density at radius 3 is 1.41 bits per heavy atom. The van der Waals surface area contributed by atoms with Gasteiger partial charge in [0.2, 0.25) is 0 Å². The van der Waals surface area contributed by atoms with Crippen LogP contribution in [0.3, 0.4) is 0 Å². The number of ether oxygens (including phenoxy) is 1. The Morgan fingerprint density at radius 2 is 1.05 bits per heavy atom. The molecular formula is C33H60O4. The molecule has 37 heavy (non-hydrogen) atoms. The van der Waals surface area contributed by atoms with Crippen LogP contribution in [0.2, 0.25) is 0 Å². The number of hydrogen-bond acceptors (Lipinski definition) is 4. The van der Waals surface area contributed by atoms with Gasteiger partial charge in [-0.15, -0.1) is 0 Å². The van der Waals surface area contributed by atoms with Crippen LogP contribution in [-0.2, 0) is 22.0 Å². The third-order valence-electron chi connectivity index (χ3n) is 7.81. The summed E-state index contributed by atoms with van der Waals surface area (Å²) in [6.45, 7) is 17.2. The maximum Gasteiger partial charge on any atom is 0.0953 e. The molecule has 0 aliphatic heterocycles. The molecule has 0 amide bonds.